The summed E-state index contributed by atoms with van der Waals surface area (Å²) in [7, 11) is -2.51. The number of sulfonamides is 1. The molecule has 23 heavy (non-hydrogen) atoms. The lowest BCUT2D eigenvalue weighted by Crippen LogP contribution is -2.19. The molecule has 0 radical (unpaired) electrons. The van der Waals surface area contributed by atoms with Crippen LogP contribution >= 0.6 is 0 Å². The molecular formula is C15H14F2N2O3S. The lowest BCUT2D eigenvalue weighted by molar-refractivity contribution is -0.119. The fourth-order valence-electron chi connectivity index (χ4n) is 1.82. The molecule has 0 aliphatic carbocycles. The van der Waals surface area contributed by atoms with E-state index in [1.54, 1.807) is 12.1 Å². The van der Waals surface area contributed by atoms with Crippen molar-refractivity contribution in [3.63, 3.8) is 0 Å². The Labute approximate surface area is 132 Å². The molecule has 122 valence electrons. The second-order valence-electron chi connectivity index (χ2n) is 4.73. The third kappa shape index (κ3) is 4.26. The average molecular weight is 340 g/mol. The maximum absolute atomic E-state index is 13.2. The maximum Gasteiger partial charge on any atom is 0.261 e. The number of halogens is 2. The van der Waals surface area contributed by atoms with Crippen LogP contribution in [0.1, 0.15) is 5.56 Å². The zero-order valence-electron chi connectivity index (χ0n) is 12.1. The van der Waals surface area contributed by atoms with Crippen LogP contribution in [0.15, 0.2) is 47.4 Å². The maximum atomic E-state index is 13.2. The van der Waals surface area contributed by atoms with E-state index < -0.39 is 21.7 Å². The summed E-state index contributed by atoms with van der Waals surface area (Å²) in [5.41, 5.74) is 0.954. The average Bonchev–Trinajstić information content (AvgIpc) is 2.51. The van der Waals surface area contributed by atoms with Gasteiger partial charge in [0.15, 0.2) is 11.6 Å². The van der Waals surface area contributed by atoms with Gasteiger partial charge in [0.2, 0.25) is 5.91 Å². The van der Waals surface area contributed by atoms with E-state index >= 15 is 0 Å². The molecular weight excluding hydrogens is 326 g/mol. The molecule has 0 bridgehead atoms. The van der Waals surface area contributed by atoms with Gasteiger partial charge in [-0.3, -0.25) is 9.52 Å². The summed E-state index contributed by atoms with van der Waals surface area (Å²) in [4.78, 5) is 10.9. The molecule has 2 rings (SSSR count). The van der Waals surface area contributed by atoms with Crippen LogP contribution in [0, 0.1) is 11.6 Å². The fourth-order valence-corrected chi connectivity index (χ4v) is 2.89. The molecule has 0 atom stereocenters. The highest BCUT2D eigenvalue weighted by Gasteiger charge is 2.16. The van der Waals surface area contributed by atoms with Gasteiger partial charge in [0, 0.05) is 12.7 Å². The Morgan fingerprint density at radius 1 is 1.04 bits per heavy atom. The standard InChI is InChI=1S/C15H14F2N2O3S/c1-18-15(20)8-10-2-4-11(5-3-10)19-23(21,22)12-6-7-13(16)14(17)9-12/h2-7,9,19H,8H2,1H3,(H,18,20). The molecule has 2 aromatic rings. The highest BCUT2D eigenvalue weighted by molar-refractivity contribution is 7.92. The number of hydrogen-bond donors (Lipinski definition) is 2. The SMILES string of the molecule is CNC(=O)Cc1ccc(NS(=O)(=O)c2ccc(F)c(F)c2)cc1. The molecule has 0 unspecified atom stereocenters. The summed E-state index contributed by atoms with van der Waals surface area (Å²) >= 11 is 0. The Morgan fingerprint density at radius 2 is 1.70 bits per heavy atom. The smallest absolute Gasteiger partial charge is 0.261 e. The minimum Gasteiger partial charge on any atom is -0.359 e. The van der Waals surface area contributed by atoms with Crippen molar-refractivity contribution >= 4 is 21.6 Å². The molecule has 8 heteroatoms. The van der Waals surface area contributed by atoms with Crippen LogP contribution in [-0.2, 0) is 21.2 Å². The van der Waals surface area contributed by atoms with Crippen molar-refractivity contribution < 1.29 is 22.0 Å². The molecule has 0 heterocycles. The molecule has 0 aliphatic heterocycles. The lowest BCUT2D eigenvalue weighted by Gasteiger charge is -2.09. The van der Waals surface area contributed by atoms with Gasteiger partial charge in [0.05, 0.1) is 11.3 Å². The number of anilines is 1. The zero-order valence-corrected chi connectivity index (χ0v) is 13.0. The molecule has 2 N–H and O–H groups in total. The number of hydrogen-bond acceptors (Lipinski definition) is 3. The Hall–Kier alpha value is -2.48. The molecule has 0 fully saturated rings. The third-order valence-electron chi connectivity index (χ3n) is 3.05. The Kier molecular flexibility index (Phi) is 4.95. The van der Waals surface area contributed by atoms with Crippen molar-refractivity contribution in [1.82, 2.24) is 5.32 Å². The summed E-state index contributed by atoms with van der Waals surface area (Å²) in [6.07, 6.45) is 0.173. The molecule has 2 aromatic carbocycles. The highest BCUT2D eigenvalue weighted by atomic mass is 32.2. The predicted molar refractivity (Wildman–Crippen MR) is 81.4 cm³/mol. The number of carbonyl (C=O) groups excluding carboxylic acids is 1. The van der Waals surface area contributed by atoms with Gasteiger partial charge in [-0.1, -0.05) is 12.1 Å². The van der Waals surface area contributed by atoms with Crippen molar-refractivity contribution in [3.8, 4) is 0 Å². The first-order chi connectivity index (χ1) is 10.8. The van der Waals surface area contributed by atoms with E-state index in [-0.39, 0.29) is 22.9 Å². The van der Waals surface area contributed by atoms with Crippen LogP contribution in [0.5, 0.6) is 0 Å². The van der Waals surface area contributed by atoms with Gasteiger partial charge in [-0.05, 0) is 35.9 Å². The van der Waals surface area contributed by atoms with E-state index in [0.717, 1.165) is 12.1 Å². The molecule has 5 nitrogen and oxygen atoms in total. The number of carbonyl (C=O) groups is 1. The number of benzene rings is 2. The first kappa shape index (κ1) is 16.9. The highest BCUT2D eigenvalue weighted by Crippen LogP contribution is 2.18. The summed E-state index contributed by atoms with van der Waals surface area (Å²) in [6.45, 7) is 0. The van der Waals surface area contributed by atoms with Crippen molar-refractivity contribution in [1.29, 1.82) is 0 Å². The van der Waals surface area contributed by atoms with E-state index in [1.807, 2.05) is 0 Å². The van der Waals surface area contributed by atoms with Gasteiger partial charge < -0.3 is 5.32 Å². The van der Waals surface area contributed by atoms with Crippen LogP contribution in [0.3, 0.4) is 0 Å². The summed E-state index contributed by atoms with van der Waals surface area (Å²) in [5, 5.41) is 2.48. The van der Waals surface area contributed by atoms with Gasteiger partial charge in [0.25, 0.3) is 10.0 Å². The quantitative estimate of drug-likeness (QED) is 0.875. The van der Waals surface area contributed by atoms with Crippen LogP contribution in [0.25, 0.3) is 0 Å². The van der Waals surface area contributed by atoms with E-state index in [9.17, 15) is 22.0 Å². The minimum absolute atomic E-state index is 0.167. The number of likely N-dealkylation sites (N-methyl/N-ethyl adjacent to an activating group) is 1. The van der Waals surface area contributed by atoms with Crippen LogP contribution in [0.4, 0.5) is 14.5 Å². The number of rotatable bonds is 5. The van der Waals surface area contributed by atoms with Gasteiger partial charge in [-0.15, -0.1) is 0 Å². The molecule has 1 amide bonds. The summed E-state index contributed by atoms with van der Waals surface area (Å²) < 4.78 is 52.5. The Balaban J connectivity index is 2.17. The van der Waals surface area contributed by atoms with Crippen molar-refractivity contribution in [2.24, 2.45) is 0 Å². The Morgan fingerprint density at radius 3 is 2.26 bits per heavy atom. The number of amides is 1. The van der Waals surface area contributed by atoms with Gasteiger partial charge in [-0.25, -0.2) is 17.2 Å². The van der Waals surface area contributed by atoms with E-state index in [2.05, 4.69) is 10.0 Å². The Bertz CT molecular complexity index is 821. The van der Waals surface area contributed by atoms with E-state index in [0.29, 0.717) is 11.6 Å². The topological polar surface area (TPSA) is 75.3 Å². The van der Waals surface area contributed by atoms with Gasteiger partial charge in [0.1, 0.15) is 0 Å². The predicted octanol–water partition coefficient (Wildman–Crippen LogP) is 2.05. The largest absolute Gasteiger partial charge is 0.359 e. The fraction of sp³-hybridized carbons (Fsp3) is 0.133. The van der Waals surface area contributed by atoms with Gasteiger partial charge >= 0.3 is 0 Å². The molecule has 0 aromatic heterocycles. The zero-order chi connectivity index (χ0) is 17.0. The van der Waals surface area contributed by atoms with E-state index in [1.165, 1.54) is 19.2 Å². The van der Waals surface area contributed by atoms with Crippen molar-refractivity contribution in [2.75, 3.05) is 11.8 Å². The first-order valence-electron chi connectivity index (χ1n) is 6.59. The second kappa shape index (κ2) is 6.74. The molecule has 0 saturated heterocycles. The monoisotopic (exact) mass is 340 g/mol. The van der Waals surface area contributed by atoms with Crippen molar-refractivity contribution in [3.05, 3.63) is 59.7 Å². The van der Waals surface area contributed by atoms with Crippen molar-refractivity contribution in [2.45, 2.75) is 11.3 Å². The van der Waals surface area contributed by atoms with Gasteiger partial charge in [-0.2, -0.15) is 0 Å². The number of nitrogens with one attached hydrogen (secondary N) is 2. The van der Waals surface area contributed by atoms with E-state index in [4.69, 9.17) is 0 Å². The summed E-state index contributed by atoms with van der Waals surface area (Å²) in [5.74, 6) is -2.53. The third-order valence-corrected chi connectivity index (χ3v) is 4.43. The van der Waals surface area contributed by atoms with Crippen LogP contribution < -0.4 is 10.0 Å². The first-order valence-corrected chi connectivity index (χ1v) is 8.07. The molecule has 0 aliphatic rings. The van der Waals surface area contributed by atoms with Crippen LogP contribution in [-0.4, -0.2) is 21.4 Å². The normalized spacial score (nSPS) is 11.1. The minimum atomic E-state index is -4.03. The molecule has 0 spiro atoms. The second-order valence-corrected chi connectivity index (χ2v) is 6.41. The summed E-state index contributed by atoms with van der Waals surface area (Å²) in [6, 6.07) is 8.48. The lowest BCUT2D eigenvalue weighted by atomic mass is 10.1. The molecule has 0 saturated carbocycles. The van der Waals surface area contributed by atoms with Crippen LogP contribution in [0.2, 0.25) is 0 Å².